The fraction of sp³-hybridized carbons (Fsp3) is 0.429. The zero-order valence-electron chi connectivity index (χ0n) is 11.8. The van der Waals surface area contributed by atoms with Crippen molar-refractivity contribution in [3.8, 4) is 5.75 Å². The summed E-state index contributed by atoms with van der Waals surface area (Å²) >= 11 is 11.9. The molecule has 0 amide bonds. The van der Waals surface area contributed by atoms with Crippen LogP contribution in [0.1, 0.15) is 31.5 Å². The Hall–Kier alpha value is -1.30. The Bertz CT molecular complexity index is 588. The van der Waals surface area contributed by atoms with Crippen LogP contribution in [0.2, 0.25) is 10.0 Å². The predicted molar refractivity (Wildman–Crippen MR) is 83.8 cm³/mol. The Kier molecular flexibility index (Phi) is 5.85. The first kappa shape index (κ1) is 16.1. The Morgan fingerprint density at radius 3 is 2.90 bits per heavy atom. The van der Waals surface area contributed by atoms with E-state index in [4.69, 9.17) is 33.7 Å². The van der Waals surface area contributed by atoms with Gasteiger partial charge in [-0.2, -0.15) is 0 Å². The zero-order chi connectivity index (χ0) is 15.2. The van der Waals surface area contributed by atoms with Gasteiger partial charge in [-0.15, -0.1) is 5.10 Å². The first-order valence-electron chi connectivity index (χ1n) is 6.83. The van der Waals surface area contributed by atoms with Crippen LogP contribution in [0.15, 0.2) is 24.4 Å². The third-order valence-corrected chi connectivity index (χ3v) is 3.54. The molecule has 1 atom stereocenters. The molecule has 1 heterocycles. The van der Waals surface area contributed by atoms with E-state index in [0.29, 0.717) is 28.9 Å². The van der Waals surface area contributed by atoms with E-state index in [1.165, 1.54) is 0 Å². The van der Waals surface area contributed by atoms with Crippen molar-refractivity contribution in [3.63, 3.8) is 0 Å². The van der Waals surface area contributed by atoms with Crippen LogP contribution >= 0.6 is 23.2 Å². The highest BCUT2D eigenvalue weighted by molar-refractivity contribution is 6.35. The fourth-order valence-corrected chi connectivity index (χ4v) is 2.36. The van der Waals surface area contributed by atoms with Gasteiger partial charge < -0.3 is 10.5 Å². The first-order chi connectivity index (χ1) is 10.1. The van der Waals surface area contributed by atoms with Crippen LogP contribution in [0, 0.1) is 0 Å². The van der Waals surface area contributed by atoms with E-state index in [0.717, 1.165) is 18.5 Å². The Morgan fingerprint density at radius 1 is 1.38 bits per heavy atom. The molecule has 0 bridgehead atoms. The lowest BCUT2D eigenvalue weighted by Crippen LogP contribution is -2.10. The second kappa shape index (κ2) is 7.64. The van der Waals surface area contributed by atoms with Crippen molar-refractivity contribution in [2.45, 2.75) is 32.4 Å². The lowest BCUT2D eigenvalue weighted by atomic mass is 10.1. The largest absolute Gasteiger partial charge is 0.490 e. The van der Waals surface area contributed by atoms with Crippen molar-refractivity contribution in [3.05, 3.63) is 40.1 Å². The molecule has 0 spiro atoms. The summed E-state index contributed by atoms with van der Waals surface area (Å²) in [5.41, 5.74) is 6.80. The van der Waals surface area contributed by atoms with Crippen LogP contribution in [-0.4, -0.2) is 21.6 Å². The maximum absolute atomic E-state index is 6.03. The van der Waals surface area contributed by atoms with E-state index in [1.807, 2.05) is 6.20 Å². The molecule has 5 nitrogen and oxygen atoms in total. The molecule has 0 saturated carbocycles. The van der Waals surface area contributed by atoms with E-state index >= 15 is 0 Å². The number of nitrogens with two attached hydrogens (primary N) is 1. The molecule has 2 N–H and O–H groups in total. The van der Waals surface area contributed by atoms with Crippen LogP contribution in [0.3, 0.4) is 0 Å². The van der Waals surface area contributed by atoms with E-state index in [-0.39, 0.29) is 6.04 Å². The number of ether oxygens (including phenoxy) is 1. The van der Waals surface area contributed by atoms with Gasteiger partial charge in [0, 0.05) is 5.02 Å². The lowest BCUT2D eigenvalue weighted by molar-refractivity contribution is 0.290. The number of hydrogen-bond donors (Lipinski definition) is 1. The van der Waals surface area contributed by atoms with Crippen LogP contribution in [0.5, 0.6) is 5.75 Å². The minimum Gasteiger partial charge on any atom is -0.490 e. The number of halogens is 2. The normalized spacial score (nSPS) is 12.4. The molecule has 7 heteroatoms. The molecule has 2 rings (SSSR count). The lowest BCUT2D eigenvalue weighted by Gasteiger charge is -2.08. The highest BCUT2D eigenvalue weighted by atomic mass is 35.5. The quantitative estimate of drug-likeness (QED) is 0.845. The van der Waals surface area contributed by atoms with Gasteiger partial charge in [0.15, 0.2) is 0 Å². The SMILES string of the molecule is CCCC(N)c1cn(CCOc2ccc(Cl)cc2Cl)nn1. The van der Waals surface area contributed by atoms with Gasteiger partial charge in [0.05, 0.1) is 29.5 Å². The van der Waals surface area contributed by atoms with Crippen molar-refractivity contribution in [2.75, 3.05) is 6.61 Å². The van der Waals surface area contributed by atoms with Gasteiger partial charge in [0.2, 0.25) is 0 Å². The molecule has 0 aliphatic carbocycles. The van der Waals surface area contributed by atoms with Crippen LogP contribution in [-0.2, 0) is 6.54 Å². The van der Waals surface area contributed by atoms with Gasteiger partial charge in [-0.1, -0.05) is 41.8 Å². The molecule has 114 valence electrons. The van der Waals surface area contributed by atoms with Crippen molar-refractivity contribution in [2.24, 2.45) is 5.73 Å². The number of aromatic nitrogens is 3. The molecule has 0 fully saturated rings. The summed E-state index contributed by atoms with van der Waals surface area (Å²) in [5.74, 6) is 0.601. The molecule has 0 aliphatic rings. The summed E-state index contributed by atoms with van der Waals surface area (Å²) in [5, 5.41) is 9.19. The molecule has 2 aromatic rings. The molecule has 0 radical (unpaired) electrons. The van der Waals surface area contributed by atoms with Crippen molar-refractivity contribution >= 4 is 23.2 Å². The maximum Gasteiger partial charge on any atom is 0.138 e. The third kappa shape index (κ3) is 4.59. The average Bonchev–Trinajstić information content (AvgIpc) is 2.90. The van der Waals surface area contributed by atoms with Gasteiger partial charge in [0.1, 0.15) is 12.4 Å². The van der Waals surface area contributed by atoms with Gasteiger partial charge in [0.25, 0.3) is 0 Å². The number of nitrogens with zero attached hydrogens (tertiary/aromatic N) is 3. The van der Waals surface area contributed by atoms with Gasteiger partial charge >= 0.3 is 0 Å². The molecule has 0 saturated heterocycles. The van der Waals surface area contributed by atoms with Crippen LogP contribution in [0.4, 0.5) is 0 Å². The van der Waals surface area contributed by atoms with E-state index in [1.54, 1.807) is 22.9 Å². The van der Waals surface area contributed by atoms with E-state index in [2.05, 4.69) is 17.2 Å². The highest BCUT2D eigenvalue weighted by Gasteiger charge is 2.09. The molecule has 0 aliphatic heterocycles. The Balaban J connectivity index is 1.86. The molecule has 21 heavy (non-hydrogen) atoms. The van der Waals surface area contributed by atoms with Crippen LogP contribution in [0.25, 0.3) is 0 Å². The second-order valence-electron chi connectivity index (χ2n) is 4.72. The zero-order valence-corrected chi connectivity index (χ0v) is 13.3. The third-order valence-electron chi connectivity index (χ3n) is 3.01. The highest BCUT2D eigenvalue weighted by Crippen LogP contribution is 2.27. The standard InChI is InChI=1S/C14H18Cl2N4O/c1-2-3-12(17)13-9-20(19-18-13)6-7-21-14-5-4-10(15)8-11(14)16/h4-5,8-9,12H,2-3,6-7,17H2,1H3. The fourth-order valence-electron chi connectivity index (χ4n) is 1.89. The van der Waals surface area contributed by atoms with Gasteiger partial charge in [-0.3, -0.25) is 0 Å². The van der Waals surface area contributed by atoms with Gasteiger partial charge in [-0.05, 0) is 24.6 Å². The Labute approximate surface area is 134 Å². The van der Waals surface area contributed by atoms with E-state index < -0.39 is 0 Å². The minimum absolute atomic E-state index is 0.0598. The average molecular weight is 329 g/mol. The summed E-state index contributed by atoms with van der Waals surface area (Å²) in [6.07, 6.45) is 3.77. The monoisotopic (exact) mass is 328 g/mol. The topological polar surface area (TPSA) is 66.0 Å². The van der Waals surface area contributed by atoms with Gasteiger partial charge in [-0.25, -0.2) is 4.68 Å². The summed E-state index contributed by atoms with van der Waals surface area (Å²) in [6.45, 7) is 3.10. The molecule has 1 aromatic heterocycles. The van der Waals surface area contributed by atoms with Crippen molar-refractivity contribution in [1.82, 2.24) is 15.0 Å². The summed E-state index contributed by atoms with van der Waals surface area (Å²) < 4.78 is 7.32. The molecule has 1 unspecified atom stereocenters. The van der Waals surface area contributed by atoms with Crippen LogP contribution < -0.4 is 10.5 Å². The number of rotatable bonds is 7. The molecular weight excluding hydrogens is 311 g/mol. The molecule has 1 aromatic carbocycles. The molecular formula is C14H18Cl2N4O. The summed E-state index contributed by atoms with van der Waals surface area (Å²) in [6, 6.07) is 5.07. The minimum atomic E-state index is -0.0598. The summed E-state index contributed by atoms with van der Waals surface area (Å²) in [7, 11) is 0. The second-order valence-corrected chi connectivity index (χ2v) is 5.57. The smallest absolute Gasteiger partial charge is 0.138 e. The first-order valence-corrected chi connectivity index (χ1v) is 7.59. The summed E-state index contributed by atoms with van der Waals surface area (Å²) in [4.78, 5) is 0. The Morgan fingerprint density at radius 2 is 2.19 bits per heavy atom. The number of benzene rings is 1. The predicted octanol–water partition coefficient (Wildman–Crippen LogP) is 3.46. The van der Waals surface area contributed by atoms with Crippen molar-refractivity contribution in [1.29, 1.82) is 0 Å². The number of hydrogen-bond acceptors (Lipinski definition) is 4. The van der Waals surface area contributed by atoms with Crippen molar-refractivity contribution < 1.29 is 4.74 Å². The van der Waals surface area contributed by atoms with E-state index in [9.17, 15) is 0 Å². The maximum atomic E-state index is 6.03.